The number of benzene rings is 1. The minimum atomic E-state index is 0. The summed E-state index contributed by atoms with van der Waals surface area (Å²) in [5, 5.41) is 3.39. The highest BCUT2D eigenvalue weighted by Crippen LogP contribution is 2.26. The van der Waals surface area contributed by atoms with Gasteiger partial charge in [-0.25, -0.2) is 0 Å². The maximum absolute atomic E-state index is 11.8. The van der Waals surface area contributed by atoms with Gasteiger partial charge in [-0.05, 0) is 35.4 Å². The number of hydrogen-bond donors (Lipinski definition) is 1. The van der Waals surface area contributed by atoms with Crippen LogP contribution in [0.3, 0.4) is 0 Å². The molecule has 3 nitrogen and oxygen atoms in total. The standard InChI is InChI=1S/C14H18N2OS.ClH/c1-16(14(17)7-4-8-15)9-11-10-18-13-6-3-2-5-12(11)13;/h2-3,5-6,10H,4,7-9,15H2,1H3;1H. The Bertz CT molecular complexity index is 541. The normalized spacial score (nSPS) is 10.2. The van der Waals surface area contributed by atoms with Gasteiger partial charge in [0, 0.05) is 24.7 Å². The molecule has 0 spiro atoms. The van der Waals surface area contributed by atoms with Crippen LogP contribution in [-0.4, -0.2) is 24.4 Å². The summed E-state index contributed by atoms with van der Waals surface area (Å²) in [7, 11) is 1.85. The third-order valence-corrected chi connectivity index (χ3v) is 4.00. The number of thiophene rings is 1. The number of rotatable bonds is 5. The lowest BCUT2D eigenvalue weighted by atomic mass is 10.1. The van der Waals surface area contributed by atoms with Crippen LogP contribution in [-0.2, 0) is 11.3 Å². The molecule has 0 saturated heterocycles. The van der Waals surface area contributed by atoms with Crippen LogP contribution in [0.5, 0.6) is 0 Å². The summed E-state index contributed by atoms with van der Waals surface area (Å²) in [5.41, 5.74) is 6.64. The van der Waals surface area contributed by atoms with Gasteiger partial charge >= 0.3 is 0 Å². The van der Waals surface area contributed by atoms with Crippen LogP contribution in [0.25, 0.3) is 10.1 Å². The predicted octanol–water partition coefficient (Wildman–Crippen LogP) is 3.02. The highest BCUT2D eigenvalue weighted by atomic mass is 35.5. The zero-order valence-corrected chi connectivity index (χ0v) is 12.6. The van der Waals surface area contributed by atoms with Crippen molar-refractivity contribution in [1.29, 1.82) is 0 Å². The summed E-state index contributed by atoms with van der Waals surface area (Å²) in [6.07, 6.45) is 1.29. The van der Waals surface area contributed by atoms with Gasteiger partial charge in [0.1, 0.15) is 0 Å². The summed E-state index contributed by atoms with van der Waals surface area (Å²) in [5.74, 6) is 0.163. The van der Waals surface area contributed by atoms with Crippen molar-refractivity contribution in [2.24, 2.45) is 5.73 Å². The second kappa shape index (κ2) is 7.48. The molecule has 0 radical (unpaired) electrons. The molecule has 1 heterocycles. The Morgan fingerprint density at radius 3 is 2.84 bits per heavy atom. The van der Waals surface area contributed by atoms with Crippen molar-refractivity contribution >= 4 is 39.7 Å². The molecular formula is C14H19ClN2OS. The van der Waals surface area contributed by atoms with Crippen molar-refractivity contribution < 1.29 is 4.79 Å². The van der Waals surface area contributed by atoms with E-state index in [0.29, 0.717) is 19.5 Å². The molecule has 2 aromatic rings. The SMILES string of the molecule is CN(Cc1csc2ccccc12)C(=O)CCCN.Cl. The fraction of sp³-hybridized carbons (Fsp3) is 0.357. The third kappa shape index (κ3) is 3.93. The van der Waals surface area contributed by atoms with Gasteiger partial charge in [-0.2, -0.15) is 0 Å². The monoisotopic (exact) mass is 298 g/mol. The van der Waals surface area contributed by atoms with E-state index in [4.69, 9.17) is 5.73 Å². The fourth-order valence-electron chi connectivity index (χ4n) is 1.94. The number of hydrogen-bond acceptors (Lipinski definition) is 3. The van der Waals surface area contributed by atoms with E-state index in [2.05, 4.69) is 17.5 Å². The highest BCUT2D eigenvalue weighted by Gasteiger charge is 2.11. The molecule has 1 aromatic heterocycles. The maximum Gasteiger partial charge on any atom is 0.222 e. The molecule has 0 atom stereocenters. The molecule has 2 rings (SSSR count). The molecule has 0 saturated carbocycles. The largest absolute Gasteiger partial charge is 0.341 e. The van der Waals surface area contributed by atoms with Crippen LogP contribution in [0.1, 0.15) is 18.4 Å². The molecular weight excluding hydrogens is 280 g/mol. The van der Waals surface area contributed by atoms with Crippen molar-refractivity contribution in [2.75, 3.05) is 13.6 Å². The predicted molar refractivity (Wildman–Crippen MR) is 83.8 cm³/mol. The van der Waals surface area contributed by atoms with Crippen molar-refractivity contribution in [3.8, 4) is 0 Å². The van der Waals surface area contributed by atoms with Gasteiger partial charge in [0.25, 0.3) is 0 Å². The molecule has 104 valence electrons. The molecule has 0 aliphatic carbocycles. The molecule has 0 unspecified atom stereocenters. The van der Waals surface area contributed by atoms with Gasteiger partial charge < -0.3 is 10.6 Å². The number of carbonyl (C=O) groups excluding carboxylic acids is 1. The van der Waals surface area contributed by atoms with E-state index in [0.717, 1.165) is 6.42 Å². The quantitative estimate of drug-likeness (QED) is 0.922. The first-order valence-corrected chi connectivity index (χ1v) is 6.99. The minimum Gasteiger partial charge on any atom is -0.341 e. The number of halogens is 1. The van der Waals surface area contributed by atoms with Crippen LogP contribution >= 0.6 is 23.7 Å². The van der Waals surface area contributed by atoms with Crippen LogP contribution in [0.2, 0.25) is 0 Å². The van der Waals surface area contributed by atoms with Gasteiger partial charge in [0.05, 0.1) is 0 Å². The van der Waals surface area contributed by atoms with Gasteiger partial charge in [-0.3, -0.25) is 4.79 Å². The van der Waals surface area contributed by atoms with E-state index in [9.17, 15) is 4.79 Å². The Morgan fingerprint density at radius 1 is 1.37 bits per heavy atom. The molecule has 2 N–H and O–H groups in total. The molecule has 19 heavy (non-hydrogen) atoms. The van der Waals surface area contributed by atoms with E-state index in [1.54, 1.807) is 16.2 Å². The molecule has 0 aliphatic heterocycles. The van der Waals surface area contributed by atoms with Gasteiger partial charge in [-0.15, -0.1) is 23.7 Å². The minimum absolute atomic E-state index is 0. The Hall–Kier alpha value is -1.10. The van der Waals surface area contributed by atoms with Gasteiger partial charge in [0.15, 0.2) is 0 Å². The lowest BCUT2D eigenvalue weighted by Crippen LogP contribution is -2.26. The zero-order valence-electron chi connectivity index (χ0n) is 11.0. The average molecular weight is 299 g/mol. The van der Waals surface area contributed by atoms with E-state index >= 15 is 0 Å². The van der Waals surface area contributed by atoms with E-state index < -0.39 is 0 Å². The maximum atomic E-state index is 11.8. The highest BCUT2D eigenvalue weighted by molar-refractivity contribution is 7.17. The number of nitrogens with two attached hydrogens (primary N) is 1. The Labute approximate surface area is 123 Å². The molecule has 1 aromatic carbocycles. The summed E-state index contributed by atoms with van der Waals surface area (Å²) in [6, 6.07) is 8.30. The average Bonchev–Trinajstić information content (AvgIpc) is 2.79. The fourth-order valence-corrected chi connectivity index (χ4v) is 2.90. The number of amides is 1. The molecule has 0 bridgehead atoms. The van der Waals surface area contributed by atoms with Crippen LogP contribution < -0.4 is 5.73 Å². The van der Waals surface area contributed by atoms with Crippen molar-refractivity contribution in [3.63, 3.8) is 0 Å². The number of nitrogens with zero attached hydrogens (tertiary/aromatic N) is 1. The number of carbonyl (C=O) groups is 1. The van der Waals surface area contributed by atoms with Crippen molar-refractivity contribution in [3.05, 3.63) is 35.2 Å². The van der Waals surface area contributed by atoms with Crippen molar-refractivity contribution in [2.45, 2.75) is 19.4 Å². The molecule has 5 heteroatoms. The van der Waals surface area contributed by atoms with Crippen LogP contribution in [0, 0.1) is 0 Å². The summed E-state index contributed by atoms with van der Waals surface area (Å²) in [4.78, 5) is 13.6. The Kier molecular flexibility index (Phi) is 6.28. The molecule has 0 aliphatic rings. The summed E-state index contributed by atoms with van der Waals surface area (Å²) >= 11 is 1.73. The van der Waals surface area contributed by atoms with E-state index in [1.165, 1.54) is 15.6 Å². The smallest absolute Gasteiger partial charge is 0.222 e. The Balaban J connectivity index is 0.00000180. The topological polar surface area (TPSA) is 46.3 Å². The van der Waals surface area contributed by atoms with Gasteiger partial charge in [0.2, 0.25) is 5.91 Å². The zero-order chi connectivity index (χ0) is 13.0. The van der Waals surface area contributed by atoms with E-state index in [1.807, 2.05) is 19.2 Å². The third-order valence-electron chi connectivity index (χ3n) is 2.99. The van der Waals surface area contributed by atoms with Crippen LogP contribution in [0.4, 0.5) is 0 Å². The molecule has 0 fully saturated rings. The van der Waals surface area contributed by atoms with Crippen LogP contribution in [0.15, 0.2) is 29.6 Å². The van der Waals surface area contributed by atoms with E-state index in [-0.39, 0.29) is 18.3 Å². The van der Waals surface area contributed by atoms with Crippen molar-refractivity contribution in [1.82, 2.24) is 4.90 Å². The second-order valence-electron chi connectivity index (χ2n) is 4.40. The first kappa shape index (κ1) is 16.0. The first-order chi connectivity index (χ1) is 8.72. The van der Waals surface area contributed by atoms with Gasteiger partial charge in [-0.1, -0.05) is 18.2 Å². The lowest BCUT2D eigenvalue weighted by molar-refractivity contribution is -0.130. The Morgan fingerprint density at radius 2 is 2.11 bits per heavy atom. The lowest BCUT2D eigenvalue weighted by Gasteiger charge is -2.16. The second-order valence-corrected chi connectivity index (χ2v) is 5.31. The number of fused-ring (bicyclic) bond motifs is 1. The summed E-state index contributed by atoms with van der Waals surface area (Å²) < 4.78 is 1.27. The summed E-state index contributed by atoms with van der Waals surface area (Å²) in [6.45, 7) is 1.24. The molecule has 1 amide bonds. The first-order valence-electron chi connectivity index (χ1n) is 6.11.